The van der Waals surface area contributed by atoms with Crippen LogP contribution in [0.25, 0.3) is 0 Å². The molecule has 1 unspecified atom stereocenters. The Hall–Kier alpha value is -6.53. The van der Waals surface area contributed by atoms with Gasteiger partial charge < -0.3 is 54.7 Å². The third-order valence-electron chi connectivity index (χ3n) is 19.3. The molecule has 2 N–H and O–H groups in total. The van der Waals surface area contributed by atoms with E-state index < -0.39 is 154 Å². The Morgan fingerprint density at radius 1 is 0.648 bits per heavy atom. The standard InChI is InChI=1S/C62H95ClF3N11O11/c1-16-36(3)51-59(87)72(12)39(6)53(81)77-31-29-47(77)57(85)73(13)48(34-40-22-19-18-20-23-40)55(83)69(9)35-49(78)67-44(28-26-41-25-27-42(43(63)33-41)62(64,65)66)54(82)76-30-21-24-46(76)58(86)75(15)61(7,8)60(88)74(14)45(17-2)56(84)70(10)37(4)32-50(79)71(11)38(5)52(80)68-51/h25,27,33,36-40,44-48,51H,16-24,26,28-32,34-35H2,1-15H3,(H,67,78)(H,68,80)/t36-,37+,38-,39-,44-,45?,46-,47-,48-,51-/m0/s1. The zero-order valence-corrected chi connectivity index (χ0v) is 54.9. The van der Waals surface area contributed by atoms with E-state index in [9.17, 15) is 65.9 Å². The van der Waals surface area contributed by atoms with Gasteiger partial charge in [0.15, 0.2) is 0 Å². The third kappa shape index (κ3) is 16.5. The normalized spacial score (nSPS) is 28.2. The van der Waals surface area contributed by atoms with E-state index in [1.807, 2.05) is 6.92 Å². The van der Waals surface area contributed by atoms with Gasteiger partial charge >= 0.3 is 6.18 Å². The molecule has 3 aliphatic heterocycles. The third-order valence-corrected chi connectivity index (χ3v) is 19.6. The van der Waals surface area contributed by atoms with Crippen molar-refractivity contribution < 1.29 is 65.9 Å². The van der Waals surface area contributed by atoms with E-state index in [0.717, 1.165) is 49.1 Å². The molecule has 1 aliphatic carbocycles. The SMILES string of the molecule is CCC1C(=O)N(C)[C@H](C)CC(=O)N(C)[C@@H](C)C(=O)N[C@@H]([C@@H](C)CC)C(=O)N(C)[C@@H](C)C(=O)N2CC[C@H]2C(=O)N(C)[C@@H](CC2CCCCC2)C(=O)N(C)CC(=O)N[C@@H](CCc2ccc(C(F)(F)F)c(Cl)c2)C(=O)N2CCC[C@H]2C(=O)N(C)C(C)(C)C(=O)N1C. The number of aryl methyl sites for hydroxylation is 1. The fraction of sp³-hybridized carbons (Fsp3) is 0.726. The molecular weight excluding hydrogens is 1170 g/mol. The van der Waals surface area contributed by atoms with Crippen LogP contribution < -0.4 is 10.6 Å². The molecule has 0 aromatic heterocycles. The summed E-state index contributed by atoms with van der Waals surface area (Å²) in [6.07, 6.45) is 0.742. The van der Waals surface area contributed by atoms with Crippen LogP contribution in [-0.2, 0) is 65.3 Å². The van der Waals surface area contributed by atoms with Gasteiger partial charge in [-0.1, -0.05) is 77.0 Å². The molecule has 4 aliphatic rings. The number of carbonyl (C=O) groups excluding carboxylic acids is 11. The zero-order valence-electron chi connectivity index (χ0n) is 54.1. The first-order valence-corrected chi connectivity index (χ1v) is 31.3. The second kappa shape index (κ2) is 30.3. The lowest BCUT2D eigenvalue weighted by atomic mass is 9.84. The first-order chi connectivity index (χ1) is 41.0. The van der Waals surface area contributed by atoms with E-state index in [2.05, 4.69) is 10.6 Å². The summed E-state index contributed by atoms with van der Waals surface area (Å²) in [6, 6.07) is -6.69. The van der Waals surface area contributed by atoms with Crippen molar-refractivity contribution in [1.29, 1.82) is 0 Å². The molecular formula is C62H95ClF3N11O11. The molecule has 0 bridgehead atoms. The number of nitrogens with one attached hydrogen (secondary N) is 2. The van der Waals surface area contributed by atoms with Crippen molar-refractivity contribution in [2.45, 2.75) is 211 Å². The molecule has 5 rings (SSSR count). The van der Waals surface area contributed by atoms with E-state index in [0.29, 0.717) is 18.4 Å². The summed E-state index contributed by atoms with van der Waals surface area (Å²) in [6.45, 7) is 12.6. The number of amides is 11. The van der Waals surface area contributed by atoms with Crippen LogP contribution in [0, 0.1) is 11.8 Å². The predicted molar refractivity (Wildman–Crippen MR) is 323 cm³/mol. The van der Waals surface area contributed by atoms with Crippen molar-refractivity contribution in [3.63, 3.8) is 0 Å². The number of benzene rings is 1. The largest absolute Gasteiger partial charge is 0.417 e. The summed E-state index contributed by atoms with van der Waals surface area (Å²) in [5.74, 6) is -7.10. The van der Waals surface area contributed by atoms with Crippen molar-refractivity contribution in [3.8, 4) is 0 Å². The molecule has 3 saturated heterocycles. The average molecular weight is 1260 g/mol. The molecule has 0 spiro atoms. The summed E-state index contributed by atoms with van der Waals surface area (Å²) in [7, 11) is 10.0. The van der Waals surface area contributed by atoms with Crippen molar-refractivity contribution >= 4 is 76.6 Å². The van der Waals surface area contributed by atoms with Crippen LogP contribution in [0.4, 0.5) is 13.2 Å². The van der Waals surface area contributed by atoms with Crippen molar-refractivity contribution in [3.05, 3.63) is 34.3 Å². The lowest BCUT2D eigenvalue weighted by Gasteiger charge is -2.45. The lowest BCUT2D eigenvalue weighted by molar-refractivity contribution is -0.160. The van der Waals surface area contributed by atoms with E-state index in [-0.39, 0.29) is 64.0 Å². The fourth-order valence-electron chi connectivity index (χ4n) is 12.2. The van der Waals surface area contributed by atoms with Gasteiger partial charge in [0.25, 0.3) is 0 Å². The number of rotatable bonds is 8. The Morgan fingerprint density at radius 3 is 1.83 bits per heavy atom. The van der Waals surface area contributed by atoms with Crippen molar-refractivity contribution in [2.75, 3.05) is 69.0 Å². The fourth-order valence-corrected chi connectivity index (χ4v) is 12.5. The summed E-state index contributed by atoms with van der Waals surface area (Å²) in [5.41, 5.74) is -2.39. The minimum absolute atomic E-state index is 0.0382. The molecule has 4 fully saturated rings. The number of halogens is 4. The molecule has 10 atom stereocenters. The van der Waals surface area contributed by atoms with E-state index in [1.165, 1.54) is 122 Å². The average Bonchev–Trinajstić information content (AvgIpc) is 2.21. The minimum atomic E-state index is -4.74. The number of carbonyl (C=O) groups is 11. The van der Waals surface area contributed by atoms with Gasteiger partial charge in [0.1, 0.15) is 53.9 Å². The molecule has 88 heavy (non-hydrogen) atoms. The maximum Gasteiger partial charge on any atom is 0.417 e. The van der Waals surface area contributed by atoms with Crippen LogP contribution >= 0.6 is 11.6 Å². The van der Waals surface area contributed by atoms with Gasteiger partial charge in [-0.05, 0) is 109 Å². The molecule has 22 nitrogen and oxygen atoms in total. The van der Waals surface area contributed by atoms with Crippen LogP contribution in [0.15, 0.2) is 18.2 Å². The Morgan fingerprint density at radius 2 is 1.26 bits per heavy atom. The highest BCUT2D eigenvalue weighted by molar-refractivity contribution is 6.31. The zero-order chi connectivity index (χ0) is 66.2. The topological polar surface area (TPSA) is 241 Å². The first-order valence-electron chi connectivity index (χ1n) is 30.9. The molecule has 1 saturated carbocycles. The molecule has 1 aromatic rings. The molecule has 26 heteroatoms. The summed E-state index contributed by atoms with van der Waals surface area (Å²) in [4.78, 5) is 171. The monoisotopic (exact) mass is 1260 g/mol. The Bertz CT molecular complexity index is 2770. The Balaban J connectivity index is 1.54. The number of fused-ring (bicyclic) bond motifs is 2. The highest BCUT2D eigenvalue weighted by Gasteiger charge is 2.48. The van der Waals surface area contributed by atoms with Crippen LogP contribution in [0.5, 0.6) is 0 Å². The van der Waals surface area contributed by atoms with Crippen molar-refractivity contribution in [2.24, 2.45) is 11.8 Å². The smallest absolute Gasteiger partial charge is 0.343 e. The summed E-state index contributed by atoms with van der Waals surface area (Å²) in [5, 5.41) is 4.99. The number of hydrogen-bond acceptors (Lipinski definition) is 11. The van der Waals surface area contributed by atoms with Crippen LogP contribution in [0.1, 0.15) is 150 Å². The van der Waals surface area contributed by atoms with Gasteiger partial charge in [0, 0.05) is 74.9 Å². The minimum Gasteiger partial charge on any atom is -0.343 e. The summed E-state index contributed by atoms with van der Waals surface area (Å²) < 4.78 is 41.2. The molecule has 0 radical (unpaired) electrons. The molecule has 11 amide bonds. The summed E-state index contributed by atoms with van der Waals surface area (Å²) >= 11 is 6.10. The second-order valence-corrected chi connectivity index (χ2v) is 25.8. The molecule has 492 valence electrons. The molecule has 1 aromatic carbocycles. The van der Waals surface area contributed by atoms with Gasteiger partial charge in [0.2, 0.25) is 65.0 Å². The highest BCUT2D eigenvalue weighted by Crippen LogP contribution is 2.36. The van der Waals surface area contributed by atoms with Gasteiger partial charge in [-0.15, -0.1) is 0 Å². The number of nitrogens with zero attached hydrogens (tertiary/aromatic N) is 9. The number of alkyl halides is 3. The maximum atomic E-state index is 15.0. The Labute approximate surface area is 521 Å². The number of likely N-dealkylation sites (N-methyl/N-ethyl adjacent to an activating group) is 7. The van der Waals surface area contributed by atoms with Crippen LogP contribution in [0.2, 0.25) is 5.02 Å². The van der Waals surface area contributed by atoms with Crippen molar-refractivity contribution in [1.82, 2.24) is 54.7 Å². The van der Waals surface area contributed by atoms with E-state index in [4.69, 9.17) is 11.6 Å². The maximum absolute atomic E-state index is 15.0. The first kappa shape index (κ1) is 72.2. The van der Waals surface area contributed by atoms with Gasteiger partial charge in [0.05, 0.1) is 17.1 Å². The Kier molecular flexibility index (Phi) is 24.9. The second-order valence-electron chi connectivity index (χ2n) is 25.4. The lowest BCUT2D eigenvalue weighted by Crippen LogP contribution is -2.65. The number of hydrogen-bond donors (Lipinski definition) is 2. The van der Waals surface area contributed by atoms with E-state index >= 15 is 0 Å². The van der Waals surface area contributed by atoms with Gasteiger partial charge in [-0.3, -0.25) is 52.7 Å². The van der Waals surface area contributed by atoms with Gasteiger partial charge in [-0.25, -0.2) is 0 Å². The van der Waals surface area contributed by atoms with E-state index in [1.54, 1.807) is 20.8 Å². The van der Waals surface area contributed by atoms with Gasteiger partial charge in [-0.2, -0.15) is 13.2 Å². The van der Waals surface area contributed by atoms with Crippen LogP contribution in [0.3, 0.4) is 0 Å². The predicted octanol–water partition coefficient (Wildman–Crippen LogP) is 4.57. The highest BCUT2D eigenvalue weighted by atomic mass is 35.5. The molecule has 3 heterocycles. The van der Waals surface area contributed by atoms with Crippen LogP contribution in [-0.4, -0.2) is 238 Å². The quantitative estimate of drug-likeness (QED) is 0.365.